The Morgan fingerprint density at radius 1 is 1.33 bits per heavy atom. The number of rotatable bonds is 3. The molecule has 0 amide bonds. The van der Waals surface area contributed by atoms with E-state index in [-0.39, 0.29) is 0 Å². The van der Waals surface area contributed by atoms with Crippen LogP contribution in [0.1, 0.15) is 31.4 Å². The monoisotopic (exact) mass is 279 g/mol. The summed E-state index contributed by atoms with van der Waals surface area (Å²) in [6, 6.07) is 4.44. The summed E-state index contributed by atoms with van der Waals surface area (Å²) in [5.41, 5.74) is 1.91. The van der Waals surface area contributed by atoms with Crippen LogP contribution in [0.3, 0.4) is 0 Å². The maximum absolute atomic E-state index is 9.42. The number of nitriles is 1. The van der Waals surface area contributed by atoms with E-state index >= 15 is 0 Å². The highest BCUT2D eigenvalue weighted by Crippen LogP contribution is 2.22. The zero-order valence-electron chi connectivity index (χ0n) is 11.7. The second kappa shape index (κ2) is 6.23. The molecule has 0 spiro atoms. The van der Waals surface area contributed by atoms with Crippen molar-refractivity contribution in [2.75, 3.05) is 5.32 Å². The summed E-state index contributed by atoms with van der Waals surface area (Å²) in [4.78, 5) is 8.74. The molecule has 5 heteroatoms. The first-order chi connectivity index (χ1) is 10.4. The fraction of sp³-hybridized carbons (Fsp3) is 0.312. The first-order valence-corrected chi connectivity index (χ1v) is 7.21. The quantitative estimate of drug-likeness (QED) is 0.832. The number of aromatic nitrogens is 2. The van der Waals surface area contributed by atoms with Crippen LogP contribution in [0.5, 0.6) is 0 Å². The molecule has 2 aliphatic rings. The molecule has 21 heavy (non-hydrogen) atoms. The summed E-state index contributed by atoms with van der Waals surface area (Å²) in [6.45, 7) is 0. The molecule has 1 aromatic heterocycles. The van der Waals surface area contributed by atoms with Crippen LogP contribution < -0.4 is 10.6 Å². The highest BCUT2D eigenvalue weighted by atomic mass is 15.1. The molecular formula is C16H17N5. The van der Waals surface area contributed by atoms with Gasteiger partial charge in [0.15, 0.2) is 0 Å². The Morgan fingerprint density at radius 3 is 2.90 bits per heavy atom. The molecular weight excluding hydrogens is 262 g/mol. The van der Waals surface area contributed by atoms with Gasteiger partial charge in [-0.1, -0.05) is 18.9 Å². The van der Waals surface area contributed by atoms with Crippen molar-refractivity contribution < 1.29 is 0 Å². The van der Waals surface area contributed by atoms with E-state index in [0.717, 1.165) is 18.5 Å². The van der Waals surface area contributed by atoms with Gasteiger partial charge in [-0.05, 0) is 31.1 Å². The number of hydrogen-bond acceptors (Lipinski definition) is 5. The van der Waals surface area contributed by atoms with Crippen molar-refractivity contribution >= 4 is 11.5 Å². The molecule has 1 aromatic rings. The lowest BCUT2D eigenvalue weighted by atomic mass is 10.1. The molecule has 0 bridgehead atoms. The molecule has 106 valence electrons. The molecule has 2 N–H and O–H groups in total. The van der Waals surface area contributed by atoms with Crippen LogP contribution >= 0.6 is 0 Å². The zero-order chi connectivity index (χ0) is 14.5. The van der Waals surface area contributed by atoms with E-state index < -0.39 is 0 Å². The molecule has 2 heterocycles. The van der Waals surface area contributed by atoms with Crippen LogP contribution in [0.25, 0.3) is 5.57 Å². The Labute approximate surface area is 124 Å². The third-order valence-corrected chi connectivity index (χ3v) is 3.69. The van der Waals surface area contributed by atoms with E-state index in [1.54, 1.807) is 18.5 Å². The number of anilines is 1. The van der Waals surface area contributed by atoms with Gasteiger partial charge in [0.05, 0.1) is 11.4 Å². The first kappa shape index (κ1) is 13.4. The van der Waals surface area contributed by atoms with Crippen LogP contribution in [-0.4, -0.2) is 16.0 Å². The summed E-state index contributed by atoms with van der Waals surface area (Å²) in [5.74, 6) is 0.600. The molecule has 3 rings (SSSR count). The number of nitrogens with zero attached hydrogens (tertiary/aromatic N) is 3. The lowest BCUT2D eigenvalue weighted by molar-refractivity contribution is 0.743. The van der Waals surface area contributed by atoms with E-state index in [0.29, 0.717) is 23.3 Å². The van der Waals surface area contributed by atoms with Crippen molar-refractivity contribution in [2.24, 2.45) is 0 Å². The Bertz CT molecular complexity index is 645. The maximum Gasteiger partial charge on any atom is 0.223 e. The summed E-state index contributed by atoms with van der Waals surface area (Å²) >= 11 is 0. The highest BCUT2D eigenvalue weighted by Gasteiger charge is 2.16. The fourth-order valence-corrected chi connectivity index (χ4v) is 2.62. The van der Waals surface area contributed by atoms with Gasteiger partial charge >= 0.3 is 0 Å². The lowest BCUT2D eigenvalue weighted by Gasteiger charge is -2.13. The summed E-state index contributed by atoms with van der Waals surface area (Å²) < 4.78 is 0. The van der Waals surface area contributed by atoms with Gasteiger partial charge in [0.1, 0.15) is 11.6 Å². The third-order valence-electron chi connectivity index (χ3n) is 3.69. The fourth-order valence-electron chi connectivity index (χ4n) is 2.62. The van der Waals surface area contributed by atoms with Crippen molar-refractivity contribution in [3.05, 3.63) is 48.1 Å². The summed E-state index contributed by atoms with van der Waals surface area (Å²) in [7, 11) is 0. The first-order valence-electron chi connectivity index (χ1n) is 7.21. The predicted octanol–water partition coefficient (Wildman–Crippen LogP) is 2.74. The predicted molar refractivity (Wildman–Crippen MR) is 81.9 cm³/mol. The number of allylic oxidation sites excluding steroid dienone is 4. The lowest BCUT2D eigenvalue weighted by Crippen LogP contribution is -2.17. The third kappa shape index (κ3) is 3.11. The van der Waals surface area contributed by atoms with Crippen LogP contribution in [0.4, 0.5) is 5.95 Å². The van der Waals surface area contributed by atoms with Gasteiger partial charge < -0.3 is 10.6 Å². The van der Waals surface area contributed by atoms with E-state index in [1.165, 1.54) is 12.8 Å². The van der Waals surface area contributed by atoms with Crippen molar-refractivity contribution in [3.63, 3.8) is 0 Å². The number of dihydropyridines is 1. The molecule has 1 fully saturated rings. The normalized spacial score (nSPS) is 20.0. The SMILES string of the molecule is N#C/C(=C1\C=CC=CN1)c1ccnc(NC2CCCC2)n1. The van der Waals surface area contributed by atoms with Gasteiger partial charge in [0.2, 0.25) is 5.95 Å². The van der Waals surface area contributed by atoms with Gasteiger partial charge in [-0.2, -0.15) is 5.26 Å². The van der Waals surface area contributed by atoms with Crippen LogP contribution in [0.2, 0.25) is 0 Å². The number of hydrogen-bond donors (Lipinski definition) is 2. The average Bonchev–Trinajstić information content (AvgIpc) is 3.02. The van der Waals surface area contributed by atoms with Gasteiger partial charge in [0, 0.05) is 18.4 Å². The van der Waals surface area contributed by atoms with Crippen LogP contribution in [0.15, 0.2) is 42.4 Å². The minimum atomic E-state index is 0.453. The second-order valence-corrected chi connectivity index (χ2v) is 5.15. The molecule has 0 saturated heterocycles. The average molecular weight is 279 g/mol. The molecule has 0 aromatic carbocycles. The Hall–Kier alpha value is -2.61. The van der Waals surface area contributed by atoms with Crippen LogP contribution in [0, 0.1) is 11.3 Å². The van der Waals surface area contributed by atoms with Gasteiger partial charge in [-0.15, -0.1) is 0 Å². The van der Waals surface area contributed by atoms with Gasteiger partial charge in [-0.25, -0.2) is 9.97 Å². The Morgan fingerprint density at radius 2 is 2.19 bits per heavy atom. The highest BCUT2D eigenvalue weighted by molar-refractivity contribution is 5.79. The molecule has 1 aliphatic carbocycles. The second-order valence-electron chi connectivity index (χ2n) is 5.15. The smallest absolute Gasteiger partial charge is 0.223 e. The van der Waals surface area contributed by atoms with Crippen molar-refractivity contribution in [2.45, 2.75) is 31.7 Å². The van der Waals surface area contributed by atoms with Crippen molar-refractivity contribution in [1.29, 1.82) is 5.26 Å². The summed E-state index contributed by atoms with van der Waals surface area (Å²) in [6.07, 6.45) is 14.0. The van der Waals surface area contributed by atoms with E-state index in [9.17, 15) is 5.26 Å². The topological polar surface area (TPSA) is 73.6 Å². The van der Waals surface area contributed by atoms with Gasteiger partial charge in [0.25, 0.3) is 0 Å². The maximum atomic E-state index is 9.42. The van der Waals surface area contributed by atoms with Gasteiger partial charge in [-0.3, -0.25) is 0 Å². The van der Waals surface area contributed by atoms with Crippen molar-refractivity contribution in [3.8, 4) is 6.07 Å². The molecule has 0 atom stereocenters. The minimum Gasteiger partial charge on any atom is -0.361 e. The standard InChI is InChI=1S/C16H17N5/c17-11-13(14-7-3-4-9-18-14)15-8-10-19-16(21-15)20-12-5-1-2-6-12/h3-4,7-10,12,18H,1-2,5-6H2,(H,19,20,21)/b14-13-. The Balaban J connectivity index is 1.86. The largest absolute Gasteiger partial charge is 0.361 e. The molecule has 0 radical (unpaired) electrons. The van der Waals surface area contributed by atoms with E-state index in [2.05, 4.69) is 26.7 Å². The molecule has 5 nitrogen and oxygen atoms in total. The van der Waals surface area contributed by atoms with Crippen LogP contribution in [-0.2, 0) is 0 Å². The molecule has 0 unspecified atom stereocenters. The molecule has 1 saturated carbocycles. The zero-order valence-corrected chi connectivity index (χ0v) is 11.7. The number of nitrogens with one attached hydrogen (secondary N) is 2. The van der Waals surface area contributed by atoms with E-state index in [1.807, 2.05) is 18.2 Å². The summed E-state index contributed by atoms with van der Waals surface area (Å²) in [5, 5.41) is 15.8. The molecule has 1 aliphatic heterocycles. The Kier molecular flexibility index (Phi) is 3.97. The van der Waals surface area contributed by atoms with E-state index in [4.69, 9.17) is 0 Å². The van der Waals surface area contributed by atoms with Crippen molar-refractivity contribution in [1.82, 2.24) is 15.3 Å². The minimum absolute atomic E-state index is 0.453.